The van der Waals surface area contributed by atoms with Gasteiger partial charge in [0.15, 0.2) is 9.84 Å². The van der Waals surface area contributed by atoms with Gasteiger partial charge in [0, 0.05) is 12.1 Å². The molecule has 96 valence electrons. The smallest absolute Gasteiger partial charge is 0.321 e. The Balaban J connectivity index is 4.02. The second-order valence-electron chi connectivity index (χ2n) is 4.57. The lowest BCUT2D eigenvalue weighted by Gasteiger charge is -2.20. The van der Waals surface area contributed by atoms with Crippen molar-refractivity contribution >= 4 is 15.8 Å². The lowest BCUT2D eigenvalue weighted by atomic mass is 10.1. The summed E-state index contributed by atoms with van der Waals surface area (Å²) in [4.78, 5) is 11.0. The minimum Gasteiger partial charge on any atom is -0.465 e. The van der Waals surface area contributed by atoms with Gasteiger partial charge in [0.1, 0.15) is 5.75 Å². The lowest BCUT2D eigenvalue weighted by Crippen LogP contribution is -2.39. The molecule has 0 saturated carbocycles. The molecule has 0 unspecified atom stereocenters. The van der Waals surface area contributed by atoms with Gasteiger partial charge in [-0.25, -0.2) is 8.42 Å². The lowest BCUT2D eigenvalue weighted by molar-refractivity contribution is -0.139. The van der Waals surface area contributed by atoms with Crippen molar-refractivity contribution < 1.29 is 17.9 Å². The molecule has 6 heteroatoms. The monoisotopic (exact) mass is 251 g/mol. The summed E-state index contributed by atoms with van der Waals surface area (Å²) in [5.41, 5.74) is -0.126. The van der Waals surface area contributed by atoms with E-state index in [9.17, 15) is 13.2 Å². The van der Waals surface area contributed by atoms with E-state index in [1.165, 1.54) is 0 Å². The summed E-state index contributed by atoms with van der Waals surface area (Å²) in [6.07, 6.45) is 0. The van der Waals surface area contributed by atoms with E-state index < -0.39 is 21.6 Å². The fraction of sp³-hybridized carbons (Fsp3) is 0.900. The number of esters is 1. The normalized spacial score (nSPS) is 12.5. The summed E-state index contributed by atoms with van der Waals surface area (Å²) in [6.45, 7) is 8.03. The van der Waals surface area contributed by atoms with Crippen LogP contribution in [0.4, 0.5) is 0 Å². The molecule has 0 aliphatic carbocycles. The molecule has 0 radical (unpaired) electrons. The van der Waals surface area contributed by atoms with Crippen molar-refractivity contribution in [2.45, 2.75) is 33.2 Å². The van der Waals surface area contributed by atoms with Gasteiger partial charge >= 0.3 is 5.97 Å². The first kappa shape index (κ1) is 15.4. The van der Waals surface area contributed by atoms with Crippen molar-refractivity contribution in [1.29, 1.82) is 0 Å². The number of hydrogen-bond acceptors (Lipinski definition) is 5. The molecule has 0 aromatic carbocycles. The molecule has 0 rings (SSSR count). The number of carbonyl (C=O) groups excluding carboxylic acids is 1. The molecule has 1 N–H and O–H groups in total. The van der Waals surface area contributed by atoms with E-state index in [2.05, 4.69) is 10.1 Å². The average Bonchev–Trinajstić information content (AvgIpc) is 1.99. The Hall–Kier alpha value is -0.620. The molecule has 0 aliphatic heterocycles. The van der Waals surface area contributed by atoms with Gasteiger partial charge in [-0.1, -0.05) is 0 Å². The van der Waals surface area contributed by atoms with Crippen molar-refractivity contribution in [2.24, 2.45) is 0 Å². The molecule has 0 spiro atoms. The number of rotatable bonds is 6. The maximum Gasteiger partial charge on any atom is 0.321 e. The average molecular weight is 251 g/mol. The number of carbonyl (C=O) groups is 1. The van der Waals surface area contributed by atoms with Gasteiger partial charge in [0.05, 0.1) is 12.4 Å². The van der Waals surface area contributed by atoms with Gasteiger partial charge in [-0.15, -0.1) is 0 Å². The van der Waals surface area contributed by atoms with Crippen molar-refractivity contribution in [3.63, 3.8) is 0 Å². The van der Waals surface area contributed by atoms with Gasteiger partial charge in [0.2, 0.25) is 0 Å². The molecule has 0 fully saturated rings. The molecular formula is C10H21NO4S. The Morgan fingerprint density at radius 3 is 2.31 bits per heavy atom. The first-order valence-electron chi connectivity index (χ1n) is 5.27. The zero-order valence-corrected chi connectivity index (χ0v) is 11.2. The zero-order chi connectivity index (χ0) is 12.8. The predicted molar refractivity (Wildman–Crippen MR) is 63.0 cm³/mol. The fourth-order valence-corrected chi connectivity index (χ4v) is 2.04. The van der Waals surface area contributed by atoms with E-state index in [1.807, 2.05) is 20.8 Å². The number of nitrogens with one attached hydrogen (secondary N) is 1. The highest BCUT2D eigenvalue weighted by Gasteiger charge is 2.18. The second kappa shape index (κ2) is 6.20. The Bertz CT molecular complexity index is 316. The van der Waals surface area contributed by atoms with Gasteiger partial charge in [-0.3, -0.25) is 4.79 Å². The zero-order valence-electron chi connectivity index (χ0n) is 10.4. The summed E-state index contributed by atoms with van der Waals surface area (Å²) >= 11 is 0. The van der Waals surface area contributed by atoms with Crippen LogP contribution in [0.2, 0.25) is 0 Å². The maximum absolute atomic E-state index is 11.5. The van der Waals surface area contributed by atoms with Crippen molar-refractivity contribution in [2.75, 3.05) is 24.7 Å². The molecule has 16 heavy (non-hydrogen) atoms. The van der Waals surface area contributed by atoms with E-state index in [0.29, 0.717) is 6.54 Å². The molecule has 0 bridgehead atoms. The molecule has 0 heterocycles. The third-order valence-corrected chi connectivity index (χ3v) is 3.21. The molecule has 0 aromatic rings. The molecule has 0 aromatic heterocycles. The Morgan fingerprint density at radius 2 is 1.88 bits per heavy atom. The van der Waals surface area contributed by atoms with E-state index in [4.69, 9.17) is 0 Å². The Labute approximate surface area is 97.5 Å². The highest BCUT2D eigenvalue weighted by atomic mass is 32.2. The summed E-state index contributed by atoms with van der Waals surface area (Å²) in [6, 6.07) is 0. The van der Waals surface area contributed by atoms with E-state index in [0.717, 1.165) is 0 Å². The third kappa shape index (κ3) is 8.67. The first-order valence-corrected chi connectivity index (χ1v) is 7.09. The topological polar surface area (TPSA) is 72.5 Å². The highest BCUT2D eigenvalue weighted by Crippen LogP contribution is 1.99. The number of hydrogen-bond donors (Lipinski definition) is 1. The van der Waals surface area contributed by atoms with Crippen LogP contribution in [0.3, 0.4) is 0 Å². The van der Waals surface area contributed by atoms with Gasteiger partial charge in [-0.05, 0) is 27.7 Å². The van der Waals surface area contributed by atoms with Crippen molar-refractivity contribution in [3.05, 3.63) is 0 Å². The minimum atomic E-state index is -3.36. The number of sulfone groups is 1. The second-order valence-corrected chi connectivity index (χ2v) is 6.76. The minimum absolute atomic E-state index is 0.0525. The van der Waals surface area contributed by atoms with E-state index in [-0.39, 0.29) is 17.9 Å². The van der Waals surface area contributed by atoms with Crippen LogP contribution in [0.1, 0.15) is 27.7 Å². The maximum atomic E-state index is 11.5. The first-order chi connectivity index (χ1) is 7.16. The predicted octanol–water partition coefficient (Wildman–Crippen LogP) is 0.352. The van der Waals surface area contributed by atoms with Gasteiger partial charge in [0.25, 0.3) is 0 Å². The van der Waals surface area contributed by atoms with Crippen LogP contribution >= 0.6 is 0 Å². The molecule has 0 saturated heterocycles. The quantitative estimate of drug-likeness (QED) is 0.690. The molecule has 0 aliphatic rings. The molecule has 0 atom stereocenters. The summed E-state index contributed by atoms with van der Waals surface area (Å²) in [7, 11) is -3.36. The van der Waals surface area contributed by atoms with Crippen molar-refractivity contribution in [3.8, 4) is 0 Å². The van der Waals surface area contributed by atoms with Crippen LogP contribution < -0.4 is 5.32 Å². The van der Waals surface area contributed by atoms with Crippen LogP contribution in [-0.2, 0) is 19.4 Å². The fourth-order valence-electron chi connectivity index (χ4n) is 1.04. The van der Waals surface area contributed by atoms with Gasteiger partial charge in [-0.2, -0.15) is 0 Å². The van der Waals surface area contributed by atoms with Crippen LogP contribution in [0.25, 0.3) is 0 Å². The van der Waals surface area contributed by atoms with Crippen LogP contribution in [-0.4, -0.2) is 44.6 Å². The summed E-state index contributed by atoms with van der Waals surface area (Å²) < 4.78 is 27.5. The highest BCUT2D eigenvalue weighted by molar-refractivity contribution is 7.92. The molecule has 0 amide bonds. The van der Waals surface area contributed by atoms with Gasteiger partial charge < -0.3 is 10.1 Å². The largest absolute Gasteiger partial charge is 0.465 e. The third-order valence-electron chi connectivity index (χ3n) is 1.71. The summed E-state index contributed by atoms with van der Waals surface area (Å²) in [5.74, 6) is -1.27. The SMILES string of the molecule is CCOC(=O)CS(=O)(=O)CCNC(C)(C)C. The van der Waals surface area contributed by atoms with Crippen molar-refractivity contribution in [1.82, 2.24) is 5.32 Å². The standard InChI is InChI=1S/C10H21NO4S/c1-5-15-9(12)8-16(13,14)7-6-11-10(2,3)4/h11H,5-8H2,1-4H3. The van der Waals surface area contributed by atoms with Crippen LogP contribution in [0, 0.1) is 0 Å². The molecule has 5 nitrogen and oxygen atoms in total. The van der Waals surface area contributed by atoms with Crippen LogP contribution in [0.15, 0.2) is 0 Å². The number of ether oxygens (including phenoxy) is 1. The van der Waals surface area contributed by atoms with E-state index >= 15 is 0 Å². The Morgan fingerprint density at radius 1 is 1.31 bits per heavy atom. The Kier molecular flexibility index (Phi) is 5.96. The van der Waals surface area contributed by atoms with E-state index in [1.54, 1.807) is 6.92 Å². The molecular weight excluding hydrogens is 230 g/mol. The summed E-state index contributed by atoms with van der Waals surface area (Å²) in [5, 5.41) is 3.05. The van der Waals surface area contributed by atoms with Crippen LogP contribution in [0.5, 0.6) is 0 Å².